The Morgan fingerprint density at radius 1 is 1.32 bits per heavy atom. The van der Waals surface area contributed by atoms with Crippen LogP contribution in [-0.2, 0) is 16.6 Å². The molecule has 2 N–H and O–H groups in total. The highest BCUT2D eigenvalue weighted by atomic mass is 32.2. The average Bonchev–Trinajstić information content (AvgIpc) is 2.75. The van der Waals surface area contributed by atoms with Crippen LogP contribution in [0, 0.1) is 0 Å². The molecule has 0 saturated heterocycles. The molecule has 1 aromatic carbocycles. The number of primary sulfonamides is 1. The van der Waals surface area contributed by atoms with Crippen LogP contribution in [0.2, 0.25) is 0 Å². The molecule has 0 amide bonds. The third-order valence-corrected chi connectivity index (χ3v) is 3.86. The van der Waals surface area contributed by atoms with Crippen molar-refractivity contribution in [2.24, 2.45) is 5.14 Å². The van der Waals surface area contributed by atoms with E-state index in [9.17, 15) is 8.42 Å². The van der Waals surface area contributed by atoms with E-state index in [0.717, 1.165) is 11.9 Å². The van der Waals surface area contributed by atoms with Gasteiger partial charge in [0.1, 0.15) is 10.6 Å². The summed E-state index contributed by atoms with van der Waals surface area (Å²) in [7, 11) is -3.77. The Morgan fingerprint density at radius 2 is 2.05 bits per heavy atom. The average molecular weight is 282 g/mol. The minimum Gasteiger partial charge on any atom is -0.493 e. The summed E-state index contributed by atoms with van der Waals surface area (Å²) in [5.74, 6) is 0.565. The molecule has 0 aliphatic heterocycles. The van der Waals surface area contributed by atoms with Gasteiger partial charge in [-0.3, -0.25) is 0 Å². The molecule has 0 fully saturated rings. The minimum absolute atomic E-state index is 0.121. The van der Waals surface area contributed by atoms with Gasteiger partial charge in [-0.05, 0) is 25.5 Å². The van der Waals surface area contributed by atoms with Gasteiger partial charge in [0.05, 0.1) is 17.5 Å². The number of aromatic nitrogens is 1. The summed E-state index contributed by atoms with van der Waals surface area (Å²) < 4.78 is 30.9. The normalized spacial score (nSPS) is 11.9. The molecule has 0 aliphatic carbocycles. The molecule has 6 heteroatoms. The predicted molar refractivity (Wildman–Crippen MR) is 74.8 cm³/mol. The first-order chi connectivity index (χ1) is 8.99. The van der Waals surface area contributed by atoms with Gasteiger partial charge in [0.2, 0.25) is 10.0 Å². The van der Waals surface area contributed by atoms with E-state index in [1.165, 1.54) is 0 Å². The Hall–Kier alpha value is -1.53. The van der Waals surface area contributed by atoms with Crippen LogP contribution in [0.15, 0.2) is 29.3 Å². The van der Waals surface area contributed by atoms with Crippen molar-refractivity contribution in [1.82, 2.24) is 4.57 Å². The molecule has 2 rings (SSSR count). The molecule has 19 heavy (non-hydrogen) atoms. The van der Waals surface area contributed by atoms with E-state index in [-0.39, 0.29) is 4.90 Å². The highest BCUT2D eigenvalue weighted by Crippen LogP contribution is 2.33. The van der Waals surface area contributed by atoms with Crippen molar-refractivity contribution < 1.29 is 13.2 Å². The van der Waals surface area contributed by atoms with Crippen molar-refractivity contribution in [3.05, 3.63) is 24.4 Å². The van der Waals surface area contributed by atoms with Crippen LogP contribution in [0.25, 0.3) is 10.9 Å². The third-order valence-electron chi connectivity index (χ3n) is 2.94. The van der Waals surface area contributed by atoms with Crippen molar-refractivity contribution in [1.29, 1.82) is 0 Å². The van der Waals surface area contributed by atoms with Crippen molar-refractivity contribution in [2.45, 2.75) is 31.7 Å². The first kappa shape index (κ1) is 13.9. The molecule has 1 heterocycles. The van der Waals surface area contributed by atoms with Gasteiger partial charge in [0.15, 0.2) is 0 Å². The van der Waals surface area contributed by atoms with Crippen LogP contribution >= 0.6 is 0 Å². The molecule has 0 aliphatic rings. The zero-order valence-electron chi connectivity index (χ0n) is 11.1. The standard InChI is InChI=1S/C13H18N2O3S/c1-3-8-18-11-7-5-6-10-13(11)12(19(14,16)17)9-15(10)4-2/h5-7,9H,3-4,8H2,1-2H3,(H2,14,16,17). The summed E-state index contributed by atoms with van der Waals surface area (Å²) in [5.41, 5.74) is 0.820. The van der Waals surface area contributed by atoms with E-state index in [4.69, 9.17) is 9.88 Å². The number of ether oxygens (including phenoxy) is 1. The fraction of sp³-hybridized carbons (Fsp3) is 0.385. The van der Waals surface area contributed by atoms with Crippen LogP contribution < -0.4 is 9.88 Å². The summed E-state index contributed by atoms with van der Waals surface area (Å²) in [5, 5.41) is 5.86. The maximum absolute atomic E-state index is 11.7. The monoisotopic (exact) mass is 282 g/mol. The number of aryl methyl sites for hydroxylation is 1. The number of hydrogen-bond acceptors (Lipinski definition) is 3. The fourth-order valence-corrected chi connectivity index (χ4v) is 2.86. The molecule has 0 atom stereocenters. The highest BCUT2D eigenvalue weighted by molar-refractivity contribution is 7.89. The number of sulfonamides is 1. The van der Waals surface area contributed by atoms with E-state index in [1.807, 2.05) is 30.5 Å². The second kappa shape index (κ2) is 5.22. The summed E-state index contributed by atoms with van der Waals surface area (Å²) >= 11 is 0. The lowest BCUT2D eigenvalue weighted by Gasteiger charge is -2.07. The number of fused-ring (bicyclic) bond motifs is 1. The van der Waals surface area contributed by atoms with Crippen molar-refractivity contribution >= 4 is 20.9 Å². The first-order valence-corrected chi connectivity index (χ1v) is 7.81. The van der Waals surface area contributed by atoms with Gasteiger partial charge in [-0.25, -0.2) is 13.6 Å². The van der Waals surface area contributed by atoms with Gasteiger partial charge in [-0.2, -0.15) is 0 Å². The summed E-state index contributed by atoms with van der Waals surface area (Å²) in [6, 6.07) is 5.49. The van der Waals surface area contributed by atoms with Crippen LogP contribution in [0.1, 0.15) is 20.3 Å². The van der Waals surface area contributed by atoms with Gasteiger partial charge in [-0.15, -0.1) is 0 Å². The van der Waals surface area contributed by atoms with Crippen molar-refractivity contribution in [3.63, 3.8) is 0 Å². The molecule has 0 radical (unpaired) electrons. The predicted octanol–water partition coefficient (Wildman–Crippen LogP) is 2.10. The van der Waals surface area contributed by atoms with E-state index in [1.54, 1.807) is 12.3 Å². The molecular weight excluding hydrogens is 264 g/mol. The van der Waals surface area contributed by atoms with Crippen LogP contribution in [0.5, 0.6) is 5.75 Å². The topological polar surface area (TPSA) is 74.3 Å². The summed E-state index contributed by atoms with van der Waals surface area (Å²) in [6.45, 7) is 5.16. The zero-order valence-corrected chi connectivity index (χ0v) is 11.9. The maximum Gasteiger partial charge on any atom is 0.240 e. The number of nitrogens with zero attached hydrogens (tertiary/aromatic N) is 1. The molecule has 0 saturated carbocycles. The summed E-state index contributed by atoms with van der Waals surface area (Å²) in [6.07, 6.45) is 2.42. The smallest absolute Gasteiger partial charge is 0.240 e. The first-order valence-electron chi connectivity index (χ1n) is 6.26. The molecule has 5 nitrogen and oxygen atoms in total. The Morgan fingerprint density at radius 3 is 2.63 bits per heavy atom. The van der Waals surface area contributed by atoms with E-state index in [2.05, 4.69) is 0 Å². The molecule has 104 valence electrons. The highest BCUT2D eigenvalue weighted by Gasteiger charge is 2.20. The van der Waals surface area contributed by atoms with Gasteiger partial charge < -0.3 is 9.30 Å². The molecule has 0 bridgehead atoms. The fourth-order valence-electron chi connectivity index (χ4n) is 2.09. The Kier molecular flexibility index (Phi) is 3.82. The molecule has 0 spiro atoms. The van der Waals surface area contributed by atoms with E-state index in [0.29, 0.717) is 24.3 Å². The Balaban J connectivity index is 2.74. The zero-order chi connectivity index (χ0) is 14.0. The third kappa shape index (κ3) is 2.59. The largest absolute Gasteiger partial charge is 0.493 e. The second-order valence-corrected chi connectivity index (χ2v) is 5.85. The lowest BCUT2D eigenvalue weighted by Crippen LogP contribution is -2.12. The Bertz CT molecular complexity index is 689. The van der Waals surface area contributed by atoms with Gasteiger partial charge in [-0.1, -0.05) is 13.0 Å². The minimum atomic E-state index is -3.77. The molecular formula is C13H18N2O3S. The van der Waals surface area contributed by atoms with Crippen molar-refractivity contribution in [2.75, 3.05) is 6.61 Å². The molecule has 2 aromatic rings. The molecule has 1 aromatic heterocycles. The van der Waals surface area contributed by atoms with E-state index >= 15 is 0 Å². The lowest BCUT2D eigenvalue weighted by atomic mass is 10.2. The van der Waals surface area contributed by atoms with Gasteiger partial charge >= 0.3 is 0 Å². The second-order valence-electron chi connectivity index (χ2n) is 4.32. The number of hydrogen-bond donors (Lipinski definition) is 1. The van der Waals surface area contributed by atoms with E-state index < -0.39 is 10.0 Å². The molecule has 0 unspecified atom stereocenters. The van der Waals surface area contributed by atoms with Crippen molar-refractivity contribution in [3.8, 4) is 5.75 Å². The van der Waals surface area contributed by atoms with Crippen LogP contribution in [0.3, 0.4) is 0 Å². The quantitative estimate of drug-likeness (QED) is 0.912. The number of benzene rings is 1. The summed E-state index contributed by atoms with van der Waals surface area (Å²) in [4.78, 5) is 0.121. The SMILES string of the molecule is CCCOc1cccc2c1c(S(N)(=O)=O)cn2CC. The van der Waals surface area contributed by atoms with Crippen LogP contribution in [0.4, 0.5) is 0 Å². The maximum atomic E-state index is 11.7. The van der Waals surface area contributed by atoms with Crippen LogP contribution in [-0.4, -0.2) is 19.6 Å². The van der Waals surface area contributed by atoms with Gasteiger partial charge in [0.25, 0.3) is 0 Å². The lowest BCUT2D eigenvalue weighted by molar-refractivity contribution is 0.321. The number of nitrogens with two attached hydrogens (primary N) is 1. The Labute approximate surface area is 113 Å². The van der Waals surface area contributed by atoms with Gasteiger partial charge in [0, 0.05) is 12.7 Å². The number of rotatable bonds is 5.